The van der Waals surface area contributed by atoms with Crippen molar-refractivity contribution < 1.29 is 14.3 Å². The summed E-state index contributed by atoms with van der Waals surface area (Å²) in [5, 5.41) is 0. The van der Waals surface area contributed by atoms with Gasteiger partial charge < -0.3 is 9.47 Å². The van der Waals surface area contributed by atoms with Gasteiger partial charge >= 0.3 is 0 Å². The molecular formula is C21H21NO3S2. The van der Waals surface area contributed by atoms with Gasteiger partial charge in [-0.25, -0.2) is 0 Å². The molecule has 0 aromatic heterocycles. The van der Waals surface area contributed by atoms with Crippen molar-refractivity contribution in [3.63, 3.8) is 0 Å². The van der Waals surface area contributed by atoms with Crippen molar-refractivity contribution in [1.82, 2.24) is 0 Å². The molecule has 4 nitrogen and oxygen atoms in total. The van der Waals surface area contributed by atoms with Gasteiger partial charge in [-0.2, -0.15) is 0 Å². The van der Waals surface area contributed by atoms with Crippen molar-refractivity contribution in [2.45, 2.75) is 13.8 Å². The zero-order chi connectivity index (χ0) is 19.4. The van der Waals surface area contributed by atoms with Crippen molar-refractivity contribution in [1.29, 1.82) is 0 Å². The van der Waals surface area contributed by atoms with Crippen LogP contribution in [0.25, 0.3) is 6.08 Å². The van der Waals surface area contributed by atoms with E-state index in [1.54, 1.807) is 12.0 Å². The Morgan fingerprint density at radius 1 is 1.15 bits per heavy atom. The number of carbonyl (C=O) groups excluding carboxylic acids is 1. The fourth-order valence-corrected chi connectivity index (χ4v) is 3.84. The third-order valence-corrected chi connectivity index (χ3v) is 5.20. The maximum absolute atomic E-state index is 12.9. The molecule has 3 rings (SSSR count). The van der Waals surface area contributed by atoms with Crippen LogP contribution in [0.1, 0.15) is 19.4 Å². The molecule has 0 unspecified atom stereocenters. The standard InChI is InChI=1S/C21H21NO3S2/c1-14(2)13-25-18-7-5-4-6-15(18)12-19-20(23)22(21(26)27-19)16-8-10-17(24-3)11-9-16/h4-12,14H,13H2,1-3H3/b19-12-. The second-order valence-corrected chi connectivity index (χ2v) is 8.13. The number of benzene rings is 2. The predicted molar refractivity (Wildman–Crippen MR) is 115 cm³/mol. The van der Waals surface area contributed by atoms with Crippen molar-refractivity contribution >= 4 is 46.0 Å². The Balaban J connectivity index is 1.86. The maximum atomic E-state index is 12.9. The van der Waals surface area contributed by atoms with Gasteiger partial charge in [0.25, 0.3) is 5.91 Å². The van der Waals surface area contributed by atoms with Gasteiger partial charge in [-0.3, -0.25) is 9.69 Å². The maximum Gasteiger partial charge on any atom is 0.270 e. The molecule has 0 N–H and O–H groups in total. The Morgan fingerprint density at radius 2 is 1.85 bits per heavy atom. The van der Waals surface area contributed by atoms with E-state index in [1.807, 2.05) is 54.6 Å². The summed E-state index contributed by atoms with van der Waals surface area (Å²) in [4.78, 5) is 15.1. The highest BCUT2D eigenvalue weighted by Crippen LogP contribution is 2.37. The molecule has 0 spiro atoms. The largest absolute Gasteiger partial charge is 0.497 e. The first kappa shape index (κ1) is 19.5. The minimum absolute atomic E-state index is 0.131. The van der Waals surface area contributed by atoms with Gasteiger partial charge in [-0.15, -0.1) is 0 Å². The fraction of sp³-hybridized carbons (Fsp3) is 0.238. The minimum atomic E-state index is -0.131. The number of amides is 1. The second kappa shape index (κ2) is 8.59. The van der Waals surface area contributed by atoms with Crippen LogP contribution in [-0.4, -0.2) is 23.9 Å². The van der Waals surface area contributed by atoms with E-state index in [2.05, 4.69) is 13.8 Å². The highest BCUT2D eigenvalue weighted by molar-refractivity contribution is 8.27. The summed E-state index contributed by atoms with van der Waals surface area (Å²) in [5.74, 6) is 1.79. The number of ether oxygens (including phenoxy) is 2. The molecule has 0 radical (unpaired) electrons. The van der Waals surface area contributed by atoms with E-state index in [-0.39, 0.29) is 5.91 Å². The number of anilines is 1. The monoisotopic (exact) mass is 399 g/mol. The summed E-state index contributed by atoms with van der Waals surface area (Å²) >= 11 is 6.73. The Kier molecular flexibility index (Phi) is 6.19. The molecule has 1 saturated heterocycles. The van der Waals surface area contributed by atoms with E-state index >= 15 is 0 Å². The Hall–Kier alpha value is -2.31. The molecule has 0 saturated carbocycles. The molecule has 2 aromatic carbocycles. The number of para-hydroxylation sites is 1. The third-order valence-electron chi connectivity index (χ3n) is 3.90. The summed E-state index contributed by atoms with van der Waals surface area (Å²) in [6, 6.07) is 15.0. The van der Waals surface area contributed by atoms with Crippen LogP contribution >= 0.6 is 24.0 Å². The van der Waals surface area contributed by atoms with Crippen LogP contribution in [0.5, 0.6) is 11.5 Å². The normalized spacial score (nSPS) is 15.7. The van der Waals surface area contributed by atoms with Gasteiger partial charge in [0.1, 0.15) is 11.5 Å². The quantitative estimate of drug-likeness (QED) is 0.497. The molecule has 27 heavy (non-hydrogen) atoms. The lowest BCUT2D eigenvalue weighted by molar-refractivity contribution is -0.113. The summed E-state index contributed by atoms with van der Waals surface area (Å²) in [7, 11) is 1.61. The van der Waals surface area contributed by atoms with E-state index in [4.69, 9.17) is 21.7 Å². The van der Waals surface area contributed by atoms with E-state index in [1.165, 1.54) is 11.8 Å². The van der Waals surface area contributed by atoms with Crippen LogP contribution in [0, 0.1) is 5.92 Å². The second-order valence-electron chi connectivity index (χ2n) is 6.46. The molecule has 0 atom stereocenters. The Morgan fingerprint density at radius 3 is 2.52 bits per heavy atom. The van der Waals surface area contributed by atoms with Crippen LogP contribution in [0.4, 0.5) is 5.69 Å². The van der Waals surface area contributed by atoms with Gasteiger partial charge in [-0.1, -0.05) is 56.0 Å². The molecule has 0 bridgehead atoms. The average molecular weight is 400 g/mol. The fourth-order valence-electron chi connectivity index (χ4n) is 2.55. The number of hydrogen-bond acceptors (Lipinski definition) is 5. The van der Waals surface area contributed by atoms with E-state index in [0.717, 1.165) is 22.7 Å². The van der Waals surface area contributed by atoms with E-state index in [0.29, 0.717) is 21.8 Å². The van der Waals surface area contributed by atoms with Gasteiger partial charge in [0.2, 0.25) is 0 Å². The van der Waals surface area contributed by atoms with Gasteiger partial charge in [0.05, 0.1) is 24.3 Å². The molecule has 1 amide bonds. The van der Waals surface area contributed by atoms with Gasteiger partial charge in [0.15, 0.2) is 4.32 Å². The molecular weight excluding hydrogens is 378 g/mol. The number of nitrogens with zero attached hydrogens (tertiary/aromatic N) is 1. The number of methoxy groups -OCH3 is 1. The first-order valence-corrected chi connectivity index (χ1v) is 9.86. The van der Waals surface area contributed by atoms with E-state index in [9.17, 15) is 4.79 Å². The summed E-state index contributed by atoms with van der Waals surface area (Å²) < 4.78 is 11.6. The summed E-state index contributed by atoms with van der Waals surface area (Å²) in [6.07, 6.45) is 1.85. The lowest BCUT2D eigenvalue weighted by Crippen LogP contribution is -2.27. The number of rotatable bonds is 6. The average Bonchev–Trinajstić information content (AvgIpc) is 2.94. The molecule has 1 heterocycles. The Labute approximate surface area is 169 Å². The van der Waals surface area contributed by atoms with Crippen molar-refractivity contribution in [3.8, 4) is 11.5 Å². The molecule has 2 aromatic rings. The molecule has 6 heteroatoms. The lowest BCUT2D eigenvalue weighted by Gasteiger charge is -2.14. The third kappa shape index (κ3) is 4.51. The smallest absolute Gasteiger partial charge is 0.270 e. The summed E-state index contributed by atoms with van der Waals surface area (Å²) in [5.41, 5.74) is 1.60. The van der Waals surface area contributed by atoms with Crippen molar-refractivity contribution in [3.05, 3.63) is 59.0 Å². The molecule has 140 valence electrons. The zero-order valence-electron chi connectivity index (χ0n) is 15.5. The molecule has 0 aliphatic carbocycles. The first-order chi connectivity index (χ1) is 13.0. The number of hydrogen-bond donors (Lipinski definition) is 0. The number of thioether (sulfide) groups is 1. The SMILES string of the molecule is COc1ccc(N2C(=O)/C(=C/c3ccccc3OCC(C)C)SC2=S)cc1. The topological polar surface area (TPSA) is 38.8 Å². The predicted octanol–water partition coefficient (Wildman–Crippen LogP) is 5.14. The van der Waals surface area contributed by atoms with E-state index < -0.39 is 0 Å². The van der Waals surface area contributed by atoms with Crippen LogP contribution in [0.15, 0.2) is 53.4 Å². The molecule has 1 fully saturated rings. The zero-order valence-corrected chi connectivity index (χ0v) is 17.1. The first-order valence-electron chi connectivity index (χ1n) is 8.63. The van der Waals surface area contributed by atoms with Crippen LogP contribution in [0.2, 0.25) is 0 Å². The highest BCUT2D eigenvalue weighted by atomic mass is 32.2. The summed E-state index contributed by atoms with van der Waals surface area (Å²) in [6.45, 7) is 4.82. The number of carbonyl (C=O) groups is 1. The Bertz CT molecular complexity index is 875. The van der Waals surface area contributed by atoms with Gasteiger partial charge in [-0.05, 0) is 42.3 Å². The molecule has 1 aliphatic rings. The van der Waals surface area contributed by atoms with Gasteiger partial charge in [0, 0.05) is 5.56 Å². The minimum Gasteiger partial charge on any atom is -0.497 e. The lowest BCUT2D eigenvalue weighted by atomic mass is 10.1. The van der Waals surface area contributed by atoms with Crippen LogP contribution in [-0.2, 0) is 4.79 Å². The molecule has 1 aliphatic heterocycles. The van der Waals surface area contributed by atoms with Crippen molar-refractivity contribution in [2.24, 2.45) is 5.92 Å². The highest BCUT2D eigenvalue weighted by Gasteiger charge is 2.33. The van der Waals surface area contributed by atoms with Crippen LogP contribution in [0.3, 0.4) is 0 Å². The van der Waals surface area contributed by atoms with Crippen molar-refractivity contribution in [2.75, 3.05) is 18.6 Å². The van der Waals surface area contributed by atoms with Crippen LogP contribution < -0.4 is 14.4 Å². The number of thiocarbonyl (C=S) groups is 1.